The van der Waals surface area contributed by atoms with Crippen molar-refractivity contribution in [3.63, 3.8) is 0 Å². The fraction of sp³-hybridized carbons (Fsp3) is 0.333. The molecule has 0 amide bonds. The quantitative estimate of drug-likeness (QED) is 0.870. The predicted octanol–water partition coefficient (Wildman–Crippen LogP) is 1.45. The molecule has 0 bridgehead atoms. The van der Waals surface area contributed by atoms with Crippen LogP contribution in [0.15, 0.2) is 28.8 Å². The van der Waals surface area contributed by atoms with E-state index in [1.54, 1.807) is 19.2 Å². The molecule has 2 N–H and O–H groups in total. The summed E-state index contributed by atoms with van der Waals surface area (Å²) >= 11 is 0. The Kier molecular flexibility index (Phi) is 4.01. The molecule has 0 aliphatic carbocycles. The number of halogens is 1. The number of ether oxygens (including phenoxy) is 1. The maximum absolute atomic E-state index is 13.0. The lowest BCUT2D eigenvalue weighted by Crippen LogP contribution is -2.16. The first-order valence-corrected chi connectivity index (χ1v) is 5.50. The van der Waals surface area contributed by atoms with Crippen molar-refractivity contribution in [1.29, 1.82) is 0 Å². The molecule has 1 atom stereocenters. The highest BCUT2D eigenvalue weighted by atomic mass is 19.1. The number of methoxy groups -OCH3 is 1. The standard InChI is InChI=1S/C12H14FN3O2/c1-17-7-10(14)12-15-11(16-18-12)6-8-3-2-4-9(13)5-8/h2-5,10H,6-7,14H2,1H3. The van der Waals surface area contributed by atoms with Gasteiger partial charge in [0.2, 0.25) is 5.89 Å². The number of benzene rings is 1. The van der Waals surface area contributed by atoms with Crippen LogP contribution in [0, 0.1) is 5.82 Å². The minimum Gasteiger partial charge on any atom is -0.383 e. The Bertz CT molecular complexity index is 516. The van der Waals surface area contributed by atoms with Crippen LogP contribution in [0.4, 0.5) is 4.39 Å². The first-order chi connectivity index (χ1) is 8.69. The zero-order valence-electron chi connectivity index (χ0n) is 9.97. The molecule has 18 heavy (non-hydrogen) atoms. The fourth-order valence-corrected chi connectivity index (χ4v) is 1.57. The molecule has 2 aromatic rings. The first kappa shape index (κ1) is 12.7. The summed E-state index contributed by atoms with van der Waals surface area (Å²) in [5, 5.41) is 3.80. The van der Waals surface area contributed by atoms with Gasteiger partial charge in [-0.2, -0.15) is 4.98 Å². The smallest absolute Gasteiger partial charge is 0.245 e. The van der Waals surface area contributed by atoms with E-state index in [-0.39, 0.29) is 5.82 Å². The molecule has 0 fully saturated rings. The lowest BCUT2D eigenvalue weighted by atomic mass is 10.1. The summed E-state index contributed by atoms with van der Waals surface area (Å²) in [6, 6.07) is 5.82. The van der Waals surface area contributed by atoms with Crippen LogP contribution in [0.5, 0.6) is 0 Å². The molecule has 0 saturated heterocycles. The van der Waals surface area contributed by atoms with E-state index in [0.717, 1.165) is 5.56 Å². The van der Waals surface area contributed by atoms with Crippen LogP contribution in [-0.2, 0) is 11.2 Å². The molecule has 0 aliphatic heterocycles. The van der Waals surface area contributed by atoms with Crippen molar-refractivity contribution in [3.8, 4) is 0 Å². The van der Waals surface area contributed by atoms with Gasteiger partial charge in [0.05, 0.1) is 6.61 Å². The SMILES string of the molecule is COCC(N)c1nc(Cc2cccc(F)c2)no1. The van der Waals surface area contributed by atoms with Gasteiger partial charge in [0.15, 0.2) is 5.82 Å². The van der Waals surface area contributed by atoms with E-state index >= 15 is 0 Å². The lowest BCUT2D eigenvalue weighted by Gasteiger charge is -2.02. The van der Waals surface area contributed by atoms with Gasteiger partial charge >= 0.3 is 0 Å². The fourth-order valence-electron chi connectivity index (χ4n) is 1.57. The van der Waals surface area contributed by atoms with E-state index in [1.807, 2.05) is 0 Å². The van der Waals surface area contributed by atoms with E-state index in [2.05, 4.69) is 10.1 Å². The highest BCUT2D eigenvalue weighted by molar-refractivity contribution is 5.19. The summed E-state index contributed by atoms with van der Waals surface area (Å²) in [6.07, 6.45) is 0.404. The van der Waals surface area contributed by atoms with Crippen LogP contribution in [0.2, 0.25) is 0 Å². The van der Waals surface area contributed by atoms with Crippen molar-refractivity contribution in [1.82, 2.24) is 10.1 Å². The normalized spacial score (nSPS) is 12.6. The zero-order chi connectivity index (χ0) is 13.0. The van der Waals surface area contributed by atoms with E-state index in [4.69, 9.17) is 15.0 Å². The van der Waals surface area contributed by atoms with E-state index in [1.165, 1.54) is 12.1 Å². The Balaban J connectivity index is 2.06. The molecule has 1 aromatic heterocycles. The Morgan fingerprint density at radius 1 is 1.50 bits per heavy atom. The molecule has 0 saturated carbocycles. The maximum atomic E-state index is 13.0. The van der Waals surface area contributed by atoms with Gasteiger partial charge in [0.25, 0.3) is 0 Å². The number of rotatable bonds is 5. The predicted molar refractivity (Wildman–Crippen MR) is 62.3 cm³/mol. The molecule has 6 heteroatoms. The second-order valence-corrected chi connectivity index (χ2v) is 3.92. The monoisotopic (exact) mass is 251 g/mol. The minimum absolute atomic E-state index is 0.285. The van der Waals surface area contributed by atoms with Crippen molar-refractivity contribution in [2.24, 2.45) is 5.73 Å². The minimum atomic E-state index is -0.441. The molecular formula is C12H14FN3O2. The topological polar surface area (TPSA) is 74.2 Å². The second-order valence-electron chi connectivity index (χ2n) is 3.92. The van der Waals surface area contributed by atoms with Gasteiger partial charge in [-0.1, -0.05) is 17.3 Å². The molecule has 1 unspecified atom stereocenters. The van der Waals surface area contributed by atoms with Gasteiger partial charge in [-0.15, -0.1) is 0 Å². The number of hydrogen-bond donors (Lipinski definition) is 1. The van der Waals surface area contributed by atoms with Crippen LogP contribution in [0.3, 0.4) is 0 Å². The number of hydrogen-bond acceptors (Lipinski definition) is 5. The van der Waals surface area contributed by atoms with Gasteiger partial charge in [0, 0.05) is 13.5 Å². The van der Waals surface area contributed by atoms with Crippen LogP contribution in [0.25, 0.3) is 0 Å². The summed E-state index contributed by atoms with van der Waals surface area (Å²) < 4.78 is 22.9. The molecule has 0 radical (unpaired) electrons. The van der Waals surface area contributed by atoms with Gasteiger partial charge < -0.3 is 15.0 Å². The second kappa shape index (κ2) is 5.70. The summed E-state index contributed by atoms with van der Waals surface area (Å²) in [4.78, 5) is 4.15. The Hall–Kier alpha value is -1.79. The summed E-state index contributed by atoms with van der Waals surface area (Å²) in [5.41, 5.74) is 6.54. The summed E-state index contributed by atoms with van der Waals surface area (Å²) in [7, 11) is 1.55. The average molecular weight is 251 g/mol. The van der Waals surface area contributed by atoms with Crippen molar-refractivity contribution in [3.05, 3.63) is 47.4 Å². The van der Waals surface area contributed by atoms with Crippen LogP contribution in [0.1, 0.15) is 23.3 Å². The number of nitrogens with two attached hydrogens (primary N) is 1. The number of nitrogens with zero attached hydrogens (tertiary/aromatic N) is 2. The largest absolute Gasteiger partial charge is 0.383 e. The van der Waals surface area contributed by atoms with E-state index in [9.17, 15) is 4.39 Å². The average Bonchev–Trinajstić information content (AvgIpc) is 2.78. The highest BCUT2D eigenvalue weighted by Crippen LogP contribution is 2.12. The molecule has 2 rings (SSSR count). The molecule has 5 nitrogen and oxygen atoms in total. The summed E-state index contributed by atoms with van der Waals surface area (Å²) in [5.74, 6) is 0.512. The van der Waals surface area contributed by atoms with Crippen LogP contribution < -0.4 is 5.73 Å². The molecule has 1 heterocycles. The maximum Gasteiger partial charge on any atom is 0.245 e. The number of aromatic nitrogens is 2. The third-order valence-electron chi connectivity index (χ3n) is 2.40. The Morgan fingerprint density at radius 2 is 2.33 bits per heavy atom. The van der Waals surface area contributed by atoms with Gasteiger partial charge in [-0.3, -0.25) is 0 Å². The van der Waals surface area contributed by atoms with Crippen molar-refractivity contribution >= 4 is 0 Å². The molecular weight excluding hydrogens is 237 g/mol. The molecule has 1 aromatic carbocycles. The lowest BCUT2D eigenvalue weighted by molar-refractivity contribution is 0.166. The van der Waals surface area contributed by atoms with E-state index in [0.29, 0.717) is 24.7 Å². The Labute approximate surface area is 104 Å². The van der Waals surface area contributed by atoms with Crippen molar-refractivity contribution in [2.75, 3.05) is 13.7 Å². The van der Waals surface area contributed by atoms with Crippen molar-refractivity contribution < 1.29 is 13.7 Å². The summed E-state index contributed by atoms with van der Waals surface area (Å²) in [6.45, 7) is 0.307. The van der Waals surface area contributed by atoms with Gasteiger partial charge in [-0.25, -0.2) is 4.39 Å². The van der Waals surface area contributed by atoms with Crippen LogP contribution in [-0.4, -0.2) is 23.9 Å². The van der Waals surface area contributed by atoms with Crippen LogP contribution >= 0.6 is 0 Å². The molecule has 0 aliphatic rings. The van der Waals surface area contributed by atoms with E-state index < -0.39 is 6.04 Å². The third-order valence-corrected chi connectivity index (χ3v) is 2.40. The van der Waals surface area contributed by atoms with Gasteiger partial charge in [-0.05, 0) is 17.7 Å². The first-order valence-electron chi connectivity index (χ1n) is 5.50. The Morgan fingerprint density at radius 3 is 3.06 bits per heavy atom. The molecule has 0 spiro atoms. The molecule has 96 valence electrons. The zero-order valence-corrected chi connectivity index (χ0v) is 9.97. The van der Waals surface area contributed by atoms with Gasteiger partial charge in [0.1, 0.15) is 11.9 Å². The third kappa shape index (κ3) is 3.12. The van der Waals surface area contributed by atoms with Crippen molar-refractivity contribution in [2.45, 2.75) is 12.5 Å². The highest BCUT2D eigenvalue weighted by Gasteiger charge is 2.14.